The van der Waals surface area contributed by atoms with Crippen molar-refractivity contribution in [2.75, 3.05) is 24.6 Å². The molecule has 0 radical (unpaired) electrons. The molecule has 0 spiro atoms. The summed E-state index contributed by atoms with van der Waals surface area (Å²) in [6, 6.07) is 19.9. The second-order valence-corrected chi connectivity index (χ2v) is 9.73. The molecule has 1 amide bonds. The van der Waals surface area contributed by atoms with Crippen LogP contribution in [0.3, 0.4) is 0 Å². The lowest BCUT2D eigenvalue weighted by Crippen LogP contribution is -2.39. The van der Waals surface area contributed by atoms with Crippen molar-refractivity contribution in [3.63, 3.8) is 0 Å². The van der Waals surface area contributed by atoms with Crippen LogP contribution in [-0.2, 0) is 21.4 Å². The Hall–Kier alpha value is -3.60. The van der Waals surface area contributed by atoms with Crippen LogP contribution < -0.4 is 20.1 Å². The number of aliphatic hydroxyl groups is 1. The van der Waals surface area contributed by atoms with E-state index in [0.717, 1.165) is 11.8 Å². The van der Waals surface area contributed by atoms with Crippen LogP contribution in [0.15, 0.2) is 72.8 Å². The summed E-state index contributed by atoms with van der Waals surface area (Å²) >= 11 is 0. The van der Waals surface area contributed by atoms with Crippen molar-refractivity contribution in [3.05, 3.63) is 89.5 Å². The molecule has 1 unspecified atom stereocenters. The summed E-state index contributed by atoms with van der Waals surface area (Å²) in [5.41, 5.74) is 1.94. The van der Waals surface area contributed by atoms with Crippen molar-refractivity contribution in [1.29, 1.82) is 0 Å². The number of aliphatic hydroxyl groups excluding tert-OH is 1. The predicted molar refractivity (Wildman–Crippen MR) is 134 cm³/mol. The molecule has 0 fully saturated rings. The maximum Gasteiger partial charge on any atom is 0.242 e. The molecule has 35 heavy (non-hydrogen) atoms. The number of carbonyl (C=O) groups is 1. The third-order valence-electron chi connectivity index (χ3n) is 5.24. The zero-order valence-electron chi connectivity index (χ0n) is 19.4. The van der Waals surface area contributed by atoms with Gasteiger partial charge in [0.05, 0.1) is 25.2 Å². The highest BCUT2D eigenvalue weighted by molar-refractivity contribution is 7.92. The molecule has 10 heteroatoms. The number of phenolic OH excluding ortho intramolecular Hbond substituents is 1. The summed E-state index contributed by atoms with van der Waals surface area (Å²) < 4.78 is 30.5. The van der Waals surface area contributed by atoms with Crippen LogP contribution in [0.25, 0.3) is 0 Å². The maximum absolute atomic E-state index is 13.1. The highest BCUT2D eigenvalue weighted by Crippen LogP contribution is 2.28. The van der Waals surface area contributed by atoms with E-state index in [1.54, 1.807) is 31.4 Å². The summed E-state index contributed by atoms with van der Waals surface area (Å²) in [5, 5.41) is 26.7. The zero-order chi connectivity index (χ0) is 25.4. The molecule has 186 valence electrons. The van der Waals surface area contributed by atoms with Crippen molar-refractivity contribution in [2.45, 2.75) is 18.7 Å². The van der Waals surface area contributed by atoms with Gasteiger partial charge in [0.2, 0.25) is 15.9 Å². The van der Waals surface area contributed by atoms with Gasteiger partial charge in [-0.1, -0.05) is 48.5 Å². The lowest BCUT2D eigenvalue weighted by atomic mass is 10.0. The highest BCUT2D eigenvalue weighted by atomic mass is 32.2. The number of rotatable bonds is 11. The molecular formula is C25H29N3O6S. The number of sulfonamides is 1. The Balaban J connectivity index is 1.75. The van der Waals surface area contributed by atoms with E-state index < -0.39 is 22.2 Å². The van der Waals surface area contributed by atoms with Crippen molar-refractivity contribution in [3.8, 4) is 11.5 Å². The predicted octanol–water partition coefficient (Wildman–Crippen LogP) is 2.45. The maximum atomic E-state index is 13.1. The molecule has 0 saturated carbocycles. The van der Waals surface area contributed by atoms with Gasteiger partial charge in [-0.05, 0) is 41.0 Å². The minimum atomic E-state index is -3.62. The van der Waals surface area contributed by atoms with E-state index in [1.807, 2.05) is 30.3 Å². The van der Waals surface area contributed by atoms with Crippen LogP contribution in [0.5, 0.6) is 11.5 Å². The molecule has 2 atom stereocenters. The van der Waals surface area contributed by atoms with E-state index >= 15 is 0 Å². The average Bonchev–Trinajstić information content (AvgIpc) is 2.84. The smallest absolute Gasteiger partial charge is 0.242 e. The fraction of sp³-hybridized carbons (Fsp3) is 0.240. The largest absolute Gasteiger partial charge is 0.506 e. The third kappa shape index (κ3) is 7.71. The first kappa shape index (κ1) is 26.0. The standard InChI is InChI=1S/C25H29N3O6S/c1-34-20-11-8-18(9-12-20)24(25(31)27-15-17-6-4-3-5-7-17)26-16-23(30)19-10-13-22(29)21(14-19)28-35(2,32)33/h3-14,23-24,26,28-30H,15-16H2,1-2H3,(H,27,31)/t23?,24-/m0/s1. The normalized spacial score (nSPS) is 13.0. The van der Waals surface area contributed by atoms with Crippen LogP contribution in [0.1, 0.15) is 28.8 Å². The van der Waals surface area contributed by atoms with Crippen LogP contribution in [-0.4, -0.2) is 44.4 Å². The molecule has 5 N–H and O–H groups in total. The highest BCUT2D eigenvalue weighted by Gasteiger charge is 2.22. The lowest BCUT2D eigenvalue weighted by molar-refractivity contribution is -0.123. The number of hydrogen-bond donors (Lipinski definition) is 5. The molecule has 0 aliphatic rings. The molecular weight excluding hydrogens is 470 g/mol. The van der Waals surface area contributed by atoms with E-state index in [9.17, 15) is 23.4 Å². The molecule has 0 bridgehead atoms. The van der Waals surface area contributed by atoms with Crippen molar-refractivity contribution in [2.24, 2.45) is 0 Å². The number of phenols is 1. The Bertz CT molecular complexity index is 1230. The molecule has 3 aromatic rings. The Morgan fingerprint density at radius 1 is 1.00 bits per heavy atom. The number of anilines is 1. The van der Waals surface area contributed by atoms with E-state index in [1.165, 1.54) is 18.2 Å². The van der Waals surface area contributed by atoms with E-state index in [0.29, 0.717) is 23.4 Å². The van der Waals surface area contributed by atoms with Gasteiger partial charge in [-0.2, -0.15) is 0 Å². The molecule has 0 aliphatic carbocycles. The van der Waals surface area contributed by atoms with Gasteiger partial charge < -0.3 is 20.3 Å². The molecule has 0 saturated heterocycles. The van der Waals surface area contributed by atoms with Crippen molar-refractivity contribution < 1.29 is 28.2 Å². The number of amides is 1. The third-order valence-corrected chi connectivity index (χ3v) is 5.83. The minimum absolute atomic E-state index is 0.0153. The lowest BCUT2D eigenvalue weighted by Gasteiger charge is -2.22. The molecule has 0 aliphatic heterocycles. The minimum Gasteiger partial charge on any atom is -0.506 e. The molecule has 3 rings (SSSR count). The first-order chi connectivity index (χ1) is 16.7. The molecule has 0 heterocycles. The number of carbonyl (C=O) groups excluding carboxylic acids is 1. The Labute approximate surface area is 204 Å². The fourth-order valence-electron chi connectivity index (χ4n) is 3.44. The fourth-order valence-corrected chi connectivity index (χ4v) is 4.00. The average molecular weight is 500 g/mol. The van der Waals surface area contributed by atoms with Gasteiger partial charge in [0.15, 0.2) is 0 Å². The van der Waals surface area contributed by atoms with E-state index in [-0.39, 0.29) is 23.9 Å². The SMILES string of the molecule is COc1ccc([C@H](NCC(O)c2ccc(O)c(NS(C)(=O)=O)c2)C(=O)NCc2ccccc2)cc1. The van der Waals surface area contributed by atoms with Gasteiger partial charge in [-0.25, -0.2) is 8.42 Å². The van der Waals surface area contributed by atoms with Gasteiger partial charge in [0.1, 0.15) is 17.5 Å². The number of methoxy groups -OCH3 is 1. The monoisotopic (exact) mass is 499 g/mol. The summed E-state index contributed by atoms with van der Waals surface area (Å²) in [7, 11) is -2.07. The van der Waals surface area contributed by atoms with Crippen molar-refractivity contribution in [1.82, 2.24) is 10.6 Å². The first-order valence-electron chi connectivity index (χ1n) is 10.8. The molecule has 9 nitrogen and oxygen atoms in total. The number of aromatic hydroxyl groups is 1. The number of nitrogens with one attached hydrogen (secondary N) is 3. The molecule has 0 aromatic heterocycles. The second-order valence-electron chi connectivity index (χ2n) is 7.98. The molecule has 3 aromatic carbocycles. The van der Waals surface area contributed by atoms with Crippen LogP contribution in [0.2, 0.25) is 0 Å². The van der Waals surface area contributed by atoms with E-state index in [4.69, 9.17) is 4.74 Å². The summed E-state index contributed by atoms with van der Waals surface area (Å²) in [6.07, 6.45) is -0.122. The van der Waals surface area contributed by atoms with Gasteiger partial charge in [-0.15, -0.1) is 0 Å². The van der Waals surface area contributed by atoms with Gasteiger partial charge in [0.25, 0.3) is 0 Å². The number of hydrogen-bond acceptors (Lipinski definition) is 7. The van der Waals surface area contributed by atoms with Crippen molar-refractivity contribution >= 4 is 21.6 Å². The zero-order valence-corrected chi connectivity index (χ0v) is 20.2. The van der Waals surface area contributed by atoms with Crippen LogP contribution in [0.4, 0.5) is 5.69 Å². The number of ether oxygens (including phenoxy) is 1. The van der Waals surface area contributed by atoms with Gasteiger partial charge >= 0.3 is 0 Å². The van der Waals surface area contributed by atoms with Gasteiger partial charge in [-0.3, -0.25) is 14.8 Å². The second kappa shape index (κ2) is 11.7. The summed E-state index contributed by atoms with van der Waals surface area (Å²) in [4.78, 5) is 13.1. The van der Waals surface area contributed by atoms with Crippen LogP contribution in [0, 0.1) is 0 Å². The summed E-state index contributed by atoms with van der Waals surface area (Å²) in [6.45, 7) is 0.327. The summed E-state index contributed by atoms with van der Waals surface area (Å²) in [5.74, 6) is 0.0966. The Kier molecular flexibility index (Phi) is 8.69. The van der Waals surface area contributed by atoms with Crippen LogP contribution >= 0.6 is 0 Å². The topological polar surface area (TPSA) is 137 Å². The van der Waals surface area contributed by atoms with E-state index in [2.05, 4.69) is 15.4 Å². The number of benzene rings is 3. The van der Waals surface area contributed by atoms with Gasteiger partial charge in [0, 0.05) is 13.1 Å². The first-order valence-corrected chi connectivity index (χ1v) is 12.7. The Morgan fingerprint density at radius 2 is 1.66 bits per heavy atom. The Morgan fingerprint density at radius 3 is 2.29 bits per heavy atom. The quantitative estimate of drug-likeness (QED) is 0.256.